The fourth-order valence-electron chi connectivity index (χ4n) is 2.37. The average Bonchev–Trinajstić information content (AvgIpc) is 3.29. The number of aryl methyl sites for hydroxylation is 3. The summed E-state index contributed by atoms with van der Waals surface area (Å²) in [5.74, 6) is 0.720. The topological polar surface area (TPSA) is 68.0 Å². The Kier molecular flexibility index (Phi) is 5.42. The highest BCUT2D eigenvalue weighted by atomic mass is 32.1. The van der Waals surface area contributed by atoms with E-state index < -0.39 is 0 Å². The Hall–Kier alpha value is -1.99. The third kappa shape index (κ3) is 4.30. The van der Waals surface area contributed by atoms with Crippen LogP contribution in [0.5, 0.6) is 0 Å². The van der Waals surface area contributed by atoms with Crippen molar-refractivity contribution in [2.45, 2.75) is 39.2 Å². The first-order valence-electron chi connectivity index (χ1n) is 7.75. The molecular weight excluding hydrogens is 342 g/mol. The van der Waals surface area contributed by atoms with Gasteiger partial charge in [0.25, 0.3) is 0 Å². The summed E-state index contributed by atoms with van der Waals surface area (Å²) in [5.41, 5.74) is 2.24. The third-order valence-corrected chi connectivity index (χ3v) is 5.71. The van der Waals surface area contributed by atoms with Gasteiger partial charge in [-0.05, 0) is 36.2 Å². The van der Waals surface area contributed by atoms with Crippen LogP contribution in [0.4, 0.5) is 0 Å². The third-order valence-electron chi connectivity index (χ3n) is 3.79. The normalized spacial score (nSPS) is 12.2. The van der Waals surface area contributed by atoms with Gasteiger partial charge in [0.05, 0.1) is 17.9 Å². The second kappa shape index (κ2) is 7.72. The van der Waals surface area contributed by atoms with Gasteiger partial charge in [0.2, 0.25) is 5.91 Å². The summed E-state index contributed by atoms with van der Waals surface area (Å²) < 4.78 is 5.04. The maximum atomic E-state index is 12.3. The summed E-state index contributed by atoms with van der Waals surface area (Å²) in [6.07, 6.45) is 3.27. The summed E-state index contributed by atoms with van der Waals surface area (Å²) in [6, 6.07) is 3.77. The van der Waals surface area contributed by atoms with Gasteiger partial charge in [0.15, 0.2) is 0 Å². The molecule has 0 fully saturated rings. The van der Waals surface area contributed by atoms with Crippen molar-refractivity contribution in [1.82, 2.24) is 15.5 Å². The number of carbonyl (C=O) groups is 1. The van der Waals surface area contributed by atoms with E-state index >= 15 is 0 Å². The Morgan fingerprint density at radius 3 is 2.88 bits per heavy atom. The van der Waals surface area contributed by atoms with Crippen LogP contribution in [0.1, 0.15) is 39.4 Å². The second-order valence-electron chi connectivity index (χ2n) is 5.63. The second-order valence-corrected chi connectivity index (χ2v) is 7.64. The number of nitrogens with zero attached hydrogens (tertiary/aromatic N) is 2. The molecule has 0 unspecified atom stereocenters. The molecule has 24 heavy (non-hydrogen) atoms. The van der Waals surface area contributed by atoms with Crippen LogP contribution >= 0.6 is 22.7 Å². The summed E-state index contributed by atoms with van der Waals surface area (Å²) in [6.45, 7) is 4.06. The zero-order valence-electron chi connectivity index (χ0n) is 13.6. The SMILES string of the molecule is Cc1nc([C@@H](Cc2ccsc2)NC(=O)CCc2ccno2)sc1C. The van der Waals surface area contributed by atoms with E-state index in [1.165, 1.54) is 10.4 Å². The van der Waals surface area contributed by atoms with Crippen LogP contribution in [-0.2, 0) is 17.6 Å². The Morgan fingerprint density at radius 2 is 2.25 bits per heavy atom. The monoisotopic (exact) mass is 361 g/mol. The Labute approximate surface area is 148 Å². The lowest BCUT2D eigenvalue weighted by molar-refractivity contribution is -0.121. The zero-order chi connectivity index (χ0) is 16.9. The minimum atomic E-state index is -0.0979. The fraction of sp³-hybridized carbons (Fsp3) is 0.353. The molecule has 3 aromatic heterocycles. The summed E-state index contributed by atoms with van der Waals surface area (Å²) >= 11 is 3.31. The van der Waals surface area contributed by atoms with Crippen molar-refractivity contribution >= 4 is 28.6 Å². The number of aromatic nitrogens is 2. The van der Waals surface area contributed by atoms with Gasteiger partial charge >= 0.3 is 0 Å². The van der Waals surface area contributed by atoms with Crippen molar-refractivity contribution in [3.63, 3.8) is 0 Å². The van der Waals surface area contributed by atoms with E-state index in [1.54, 1.807) is 34.9 Å². The first-order chi connectivity index (χ1) is 11.6. The lowest BCUT2D eigenvalue weighted by Gasteiger charge is -2.16. The van der Waals surface area contributed by atoms with E-state index in [1.807, 2.05) is 6.92 Å². The highest BCUT2D eigenvalue weighted by Gasteiger charge is 2.20. The highest BCUT2D eigenvalue weighted by Crippen LogP contribution is 2.26. The number of thiophene rings is 1. The largest absolute Gasteiger partial charge is 0.361 e. The van der Waals surface area contributed by atoms with E-state index in [0.717, 1.165) is 22.9 Å². The molecule has 1 amide bonds. The minimum absolute atomic E-state index is 0.00265. The number of rotatable bonds is 7. The average molecular weight is 361 g/mol. The van der Waals surface area contributed by atoms with Gasteiger partial charge in [0, 0.05) is 30.2 Å². The first kappa shape index (κ1) is 16.9. The molecule has 0 spiro atoms. The zero-order valence-corrected chi connectivity index (χ0v) is 15.2. The molecule has 0 aliphatic rings. The van der Waals surface area contributed by atoms with Crippen molar-refractivity contribution < 1.29 is 9.32 Å². The Morgan fingerprint density at radius 1 is 1.38 bits per heavy atom. The predicted octanol–water partition coefficient (Wildman–Crippen LogP) is 3.84. The van der Waals surface area contributed by atoms with Gasteiger partial charge < -0.3 is 9.84 Å². The van der Waals surface area contributed by atoms with Crippen molar-refractivity contribution in [1.29, 1.82) is 0 Å². The predicted molar refractivity (Wildman–Crippen MR) is 95.3 cm³/mol. The first-order valence-corrected chi connectivity index (χ1v) is 9.51. The Bertz CT molecular complexity index is 759. The van der Waals surface area contributed by atoms with Crippen molar-refractivity contribution in [3.05, 3.63) is 56.0 Å². The maximum Gasteiger partial charge on any atom is 0.221 e. The fourth-order valence-corrected chi connectivity index (χ4v) is 4.02. The smallest absolute Gasteiger partial charge is 0.221 e. The van der Waals surface area contributed by atoms with E-state index in [0.29, 0.717) is 12.8 Å². The summed E-state index contributed by atoms with van der Waals surface area (Å²) in [7, 11) is 0. The number of carbonyl (C=O) groups excluding carboxylic acids is 1. The molecule has 7 heteroatoms. The van der Waals surface area contributed by atoms with Crippen molar-refractivity contribution in [2.75, 3.05) is 0 Å². The van der Waals surface area contributed by atoms with Crippen LogP contribution in [0.3, 0.4) is 0 Å². The van der Waals surface area contributed by atoms with Crippen LogP contribution in [0.15, 0.2) is 33.6 Å². The number of hydrogen-bond donors (Lipinski definition) is 1. The number of amides is 1. The molecule has 3 rings (SSSR count). The molecule has 1 N–H and O–H groups in total. The van der Waals surface area contributed by atoms with Crippen LogP contribution < -0.4 is 5.32 Å². The van der Waals surface area contributed by atoms with Gasteiger partial charge in [0.1, 0.15) is 10.8 Å². The van der Waals surface area contributed by atoms with Crippen LogP contribution in [0.2, 0.25) is 0 Å². The van der Waals surface area contributed by atoms with E-state index in [4.69, 9.17) is 4.52 Å². The quantitative estimate of drug-likeness (QED) is 0.694. The molecule has 0 saturated heterocycles. The van der Waals surface area contributed by atoms with Crippen LogP contribution in [-0.4, -0.2) is 16.0 Å². The molecule has 0 radical (unpaired) electrons. The molecule has 1 atom stereocenters. The van der Waals surface area contributed by atoms with E-state index in [2.05, 4.69) is 39.2 Å². The number of nitrogens with one attached hydrogen (secondary N) is 1. The standard InChI is InChI=1S/C17H19N3O2S2/c1-11-12(2)24-17(19-11)15(9-13-6-8-23-10-13)20-16(21)4-3-14-5-7-18-22-14/h5-8,10,15H,3-4,9H2,1-2H3,(H,20,21)/t15-/m1/s1. The highest BCUT2D eigenvalue weighted by molar-refractivity contribution is 7.11. The van der Waals surface area contributed by atoms with Gasteiger partial charge in [-0.2, -0.15) is 11.3 Å². The summed E-state index contributed by atoms with van der Waals surface area (Å²) in [4.78, 5) is 18.2. The van der Waals surface area contributed by atoms with Crippen molar-refractivity contribution in [2.24, 2.45) is 0 Å². The molecule has 3 heterocycles. The van der Waals surface area contributed by atoms with Crippen LogP contribution in [0.25, 0.3) is 0 Å². The Balaban J connectivity index is 1.68. The molecule has 0 saturated carbocycles. The molecule has 3 aromatic rings. The van der Waals surface area contributed by atoms with Gasteiger partial charge in [-0.3, -0.25) is 4.79 Å². The molecule has 0 aliphatic heterocycles. The minimum Gasteiger partial charge on any atom is -0.361 e. The van der Waals surface area contributed by atoms with Crippen LogP contribution in [0, 0.1) is 13.8 Å². The van der Waals surface area contributed by atoms with E-state index in [-0.39, 0.29) is 11.9 Å². The van der Waals surface area contributed by atoms with E-state index in [9.17, 15) is 4.79 Å². The molecular formula is C17H19N3O2S2. The number of hydrogen-bond acceptors (Lipinski definition) is 6. The molecule has 0 aliphatic carbocycles. The molecule has 0 aromatic carbocycles. The number of thiazole rings is 1. The lowest BCUT2D eigenvalue weighted by atomic mass is 10.1. The maximum absolute atomic E-state index is 12.3. The van der Waals surface area contributed by atoms with Gasteiger partial charge in [-0.25, -0.2) is 4.98 Å². The molecule has 5 nitrogen and oxygen atoms in total. The van der Waals surface area contributed by atoms with Gasteiger partial charge in [-0.15, -0.1) is 11.3 Å². The van der Waals surface area contributed by atoms with Crippen molar-refractivity contribution in [3.8, 4) is 0 Å². The lowest BCUT2D eigenvalue weighted by Crippen LogP contribution is -2.30. The molecule has 0 bridgehead atoms. The molecule has 126 valence electrons. The van der Waals surface area contributed by atoms with Gasteiger partial charge in [-0.1, -0.05) is 5.16 Å². The summed E-state index contributed by atoms with van der Waals surface area (Å²) in [5, 5.41) is 11.9.